The van der Waals surface area contributed by atoms with Crippen LogP contribution in [0.3, 0.4) is 0 Å². The van der Waals surface area contributed by atoms with Gasteiger partial charge in [0, 0.05) is 45.0 Å². The van der Waals surface area contributed by atoms with E-state index in [0.29, 0.717) is 5.88 Å². The number of aryl methyl sites for hydroxylation is 1. The fourth-order valence-electron chi connectivity index (χ4n) is 2.65. The summed E-state index contributed by atoms with van der Waals surface area (Å²) < 4.78 is 7.17. The van der Waals surface area contributed by atoms with Gasteiger partial charge in [0.05, 0.1) is 19.9 Å². The lowest BCUT2D eigenvalue weighted by Crippen LogP contribution is -2.47. The molecule has 0 atom stereocenters. The van der Waals surface area contributed by atoms with Crippen LogP contribution in [0.4, 0.5) is 5.82 Å². The summed E-state index contributed by atoms with van der Waals surface area (Å²) in [6, 6.07) is 1.89. The minimum Gasteiger partial charge on any atom is -0.481 e. The van der Waals surface area contributed by atoms with Crippen molar-refractivity contribution in [3.63, 3.8) is 0 Å². The summed E-state index contributed by atoms with van der Waals surface area (Å²) in [7, 11) is 1.63. The predicted molar refractivity (Wildman–Crippen MR) is 84.2 cm³/mol. The van der Waals surface area contributed by atoms with Crippen molar-refractivity contribution in [2.45, 2.75) is 13.5 Å². The van der Waals surface area contributed by atoms with E-state index in [2.05, 4.69) is 38.0 Å². The van der Waals surface area contributed by atoms with Crippen molar-refractivity contribution in [3.8, 4) is 5.88 Å². The molecule has 7 nitrogen and oxygen atoms in total. The van der Waals surface area contributed by atoms with Crippen LogP contribution in [0.2, 0.25) is 0 Å². The molecule has 1 saturated heterocycles. The minimum absolute atomic E-state index is 0.612. The zero-order valence-electron chi connectivity index (χ0n) is 13.1. The number of ether oxygens (including phenoxy) is 1. The molecule has 2 aromatic heterocycles. The smallest absolute Gasteiger partial charge is 0.218 e. The van der Waals surface area contributed by atoms with Crippen molar-refractivity contribution in [3.05, 3.63) is 30.4 Å². The van der Waals surface area contributed by atoms with Crippen molar-refractivity contribution in [2.24, 2.45) is 0 Å². The maximum Gasteiger partial charge on any atom is 0.218 e. The number of aromatic nitrogens is 4. The SMILES string of the molecule is COc1cc(N2CCN(CCn3cc(C)cn3)CC2)ncn1. The normalized spacial score (nSPS) is 16.0. The van der Waals surface area contributed by atoms with E-state index in [1.165, 1.54) is 5.56 Å². The fourth-order valence-corrected chi connectivity index (χ4v) is 2.65. The van der Waals surface area contributed by atoms with Gasteiger partial charge in [-0.3, -0.25) is 9.58 Å². The molecule has 0 amide bonds. The Morgan fingerprint density at radius 1 is 1.14 bits per heavy atom. The molecule has 0 spiro atoms. The Balaban J connectivity index is 1.49. The number of piperazine rings is 1. The first-order chi connectivity index (χ1) is 10.7. The minimum atomic E-state index is 0.612. The number of anilines is 1. The molecule has 0 aromatic carbocycles. The monoisotopic (exact) mass is 302 g/mol. The highest BCUT2D eigenvalue weighted by molar-refractivity contribution is 5.41. The Bertz CT molecular complexity index is 606. The van der Waals surface area contributed by atoms with Crippen molar-refractivity contribution in [1.29, 1.82) is 0 Å². The van der Waals surface area contributed by atoms with Crippen molar-refractivity contribution in [1.82, 2.24) is 24.6 Å². The third-order valence-electron chi connectivity index (χ3n) is 3.94. The van der Waals surface area contributed by atoms with Gasteiger partial charge < -0.3 is 9.64 Å². The highest BCUT2D eigenvalue weighted by atomic mass is 16.5. The Morgan fingerprint density at radius 2 is 1.95 bits per heavy atom. The zero-order valence-corrected chi connectivity index (χ0v) is 13.1. The molecule has 0 bridgehead atoms. The fraction of sp³-hybridized carbons (Fsp3) is 0.533. The van der Waals surface area contributed by atoms with Gasteiger partial charge >= 0.3 is 0 Å². The zero-order chi connectivity index (χ0) is 15.4. The van der Waals surface area contributed by atoms with Crippen LogP contribution in [-0.2, 0) is 6.54 Å². The van der Waals surface area contributed by atoms with Gasteiger partial charge in [0.15, 0.2) is 0 Å². The molecule has 1 aliphatic heterocycles. The van der Waals surface area contributed by atoms with E-state index in [-0.39, 0.29) is 0 Å². The molecular formula is C15H22N6O. The van der Waals surface area contributed by atoms with Crippen LogP contribution in [0.25, 0.3) is 0 Å². The van der Waals surface area contributed by atoms with Gasteiger partial charge in [-0.1, -0.05) is 0 Å². The van der Waals surface area contributed by atoms with Gasteiger partial charge in [0.25, 0.3) is 0 Å². The molecule has 0 aliphatic carbocycles. The van der Waals surface area contributed by atoms with Crippen LogP contribution in [0.1, 0.15) is 5.56 Å². The number of nitrogens with zero attached hydrogens (tertiary/aromatic N) is 6. The highest BCUT2D eigenvalue weighted by Gasteiger charge is 2.18. The van der Waals surface area contributed by atoms with E-state index in [9.17, 15) is 0 Å². The summed E-state index contributed by atoms with van der Waals surface area (Å²) in [5.41, 5.74) is 1.21. The molecule has 3 rings (SSSR count). The van der Waals surface area contributed by atoms with Crippen LogP contribution in [-0.4, -0.2) is 64.5 Å². The molecule has 1 aliphatic rings. The molecule has 0 N–H and O–H groups in total. The summed E-state index contributed by atoms with van der Waals surface area (Å²) >= 11 is 0. The average Bonchev–Trinajstić information content (AvgIpc) is 2.99. The molecule has 0 saturated carbocycles. The lowest BCUT2D eigenvalue weighted by molar-refractivity contribution is 0.244. The topological polar surface area (TPSA) is 59.3 Å². The van der Waals surface area contributed by atoms with E-state index in [1.807, 2.05) is 16.9 Å². The number of hydrogen-bond acceptors (Lipinski definition) is 6. The Labute approximate surface area is 130 Å². The molecule has 1 fully saturated rings. The first-order valence-corrected chi connectivity index (χ1v) is 7.57. The molecular weight excluding hydrogens is 280 g/mol. The maximum absolute atomic E-state index is 5.16. The number of rotatable bonds is 5. The van der Waals surface area contributed by atoms with Crippen LogP contribution in [0, 0.1) is 6.92 Å². The average molecular weight is 302 g/mol. The van der Waals surface area contributed by atoms with E-state index in [4.69, 9.17) is 4.74 Å². The Hall–Kier alpha value is -2.15. The summed E-state index contributed by atoms with van der Waals surface area (Å²) in [6.45, 7) is 8.05. The van der Waals surface area contributed by atoms with Crippen LogP contribution in [0.15, 0.2) is 24.8 Å². The lowest BCUT2D eigenvalue weighted by atomic mass is 10.3. The summed E-state index contributed by atoms with van der Waals surface area (Å²) in [5, 5.41) is 4.33. The second-order valence-corrected chi connectivity index (χ2v) is 5.53. The molecule has 0 unspecified atom stereocenters. The molecule has 22 heavy (non-hydrogen) atoms. The van der Waals surface area contributed by atoms with Crippen LogP contribution < -0.4 is 9.64 Å². The summed E-state index contributed by atoms with van der Waals surface area (Å²) in [5.74, 6) is 1.55. The van der Waals surface area contributed by atoms with Gasteiger partial charge in [-0.2, -0.15) is 5.10 Å². The third-order valence-corrected chi connectivity index (χ3v) is 3.94. The third kappa shape index (κ3) is 3.54. The second kappa shape index (κ2) is 6.74. The van der Waals surface area contributed by atoms with Gasteiger partial charge in [-0.25, -0.2) is 9.97 Å². The van der Waals surface area contributed by atoms with Crippen molar-refractivity contribution < 1.29 is 4.74 Å². The molecule has 7 heteroatoms. The highest BCUT2D eigenvalue weighted by Crippen LogP contribution is 2.17. The number of hydrogen-bond donors (Lipinski definition) is 0. The van der Waals surface area contributed by atoms with E-state index in [0.717, 1.165) is 45.1 Å². The summed E-state index contributed by atoms with van der Waals surface area (Å²) in [6.07, 6.45) is 5.55. The number of methoxy groups -OCH3 is 1. The van der Waals surface area contributed by atoms with Crippen LogP contribution in [0.5, 0.6) is 5.88 Å². The van der Waals surface area contributed by atoms with E-state index >= 15 is 0 Å². The van der Waals surface area contributed by atoms with Gasteiger partial charge in [0.1, 0.15) is 12.1 Å². The molecule has 2 aromatic rings. The van der Waals surface area contributed by atoms with Crippen molar-refractivity contribution >= 4 is 5.82 Å². The van der Waals surface area contributed by atoms with Gasteiger partial charge in [0.2, 0.25) is 5.88 Å². The van der Waals surface area contributed by atoms with Gasteiger partial charge in [-0.15, -0.1) is 0 Å². The predicted octanol–water partition coefficient (Wildman–Crippen LogP) is 0.812. The van der Waals surface area contributed by atoms with E-state index in [1.54, 1.807) is 13.4 Å². The first kappa shape index (κ1) is 14.8. The molecule has 118 valence electrons. The van der Waals surface area contributed by atoms with Gasteiger partial charge in [-0.05, 0) is 12.5 Å². The Kier molecular flexibility index (Phi) is 4.53. The molecule has 3 heterocycles. The largest absolute Gasteiger partial charge is 0.481 e. The molecule has 0 radical (unpaired) electrons. The van der Waals surface area contributed by atoms with Crippen molar-refractivity contribution in [2.75, 3.05) is 44.7 Å². The lowest BCUT2D eigenvalue weighted by Gasteiger charge is -2.35. The summed E-state index contributed by atoms with van der Waals surface area (Å²) in [4.78, 5) is 13.1. The van der Waals surface area contributed by atoms with E-state index < -0.39 is 0 Å². The van der Waals surface area contributed by atoms with Crippen LogP contribution >= 0.6 is 0 Å². The standard InChI is InChI=1S/C15H22N6O/c1-13-10-18-21(11-13)8-5-19-3-6-20(7-4-19)14-9-15(22-2)17-12-16-14/h9-12H,3-8H2,1-2H3. The second-order valence-electron chi connectivity index (χ2n) is 5.53. The maximum atomic E-state index is 5.16. The Morgan fingerprint density at radius 3 is 2.64 bits per heavy atom. The first-order valence-electron chi connectivity index (χ1n) is 7.57. The quantitative estimate of drug-likeness (QED) is 0.815.